The number of hydrogen-bond donors (Lipinski definition) is 1. The molecule has 0 fully saturated rings. The van der Waals surface area contributed by atoms with Crippen LogP contribution < -0.4 is 0 Å². The van der Waals surface area contributed by atoms with Gasteiger partial charge in [0.05, 0.1) is 6.10 Å². The van der Waals surface area contributed by atoms with Gasteiger partial charge in [-0.1, -0.05) is 58.3 Å². The molecule has 0 heterocycles. The summed E-state index contributed by atoms with van der Waals surface area (Å²) in [5.74, 6) is 0.385. The lowest BCUT2D eigenvalue weighted by atomic mass is 10.1. The van der Waals surface area contributed by atoms with Crippen molar-refractivity contribution in [1.82, 2.24) is 0 Å². The Kier molecular flexibility index (Phi) is 11.5. The summed E-state index contributed by atoms with van der Waals surface area (Å²) in [6.45, 7) is 2.24. The molecule has 14 heavy (non-hydrogen) atoms. The van der Waals surface area contributed by atoms with Crippen LogP contribution in [0.5, 0.6) is 0 Å². The van der Waals surface area contributed by atoms with E-state index in [9.17, 15) is 5.11 Å². The van der Waals surface area contributed by atoms with Crippen molar-refractivity contribution in [2.75, 3.05) is 5.88 Å². The second-order valence-electron chi connectivity index (χ2n) is 4.07. The lowest BCUT2D eigenvalue weighted by Crippen LogP contribution is -2.07. The van der Waals surface area contributed by atoms with E-state index in [1.807, 2.05) is 0 Å². The van der Waals surface area contributed by atoms with E-state index in [1.54, 1.807) is 0 Å². The van der Waals surface area contributed by atoms with E-state index in [-0.39, 0.29) is 6.10 Å². The third-order valence-corrected chi connectivity index (χ3v) is 2.93. The molecule has 0 saturated carbocycles. The minimum atomic E-state index is -0.281. The maximum atomic E-state index is 9.20. The van der Waals surface area contributed by atoms with E-state index in [4.69, 9.17) is 11.6 Å². The highest BCUT2D eigenvalue weighted by molar-refractivity contribution is 6.18. The van der Waals surface area contributed by atoms with Crippen molar-refractivity contribution < 1.29 is 5.11 Å². The molecule has 0 amide bonds. The molecular formula is C12H25ClO. The van der Waals surface area contributed by atoms with Crippen LogP contribution in [-0.2, 0) is 0 Å². The van der Waals surface area contributed by atoms with Crippen LogP contribution in [0, 0.1) is 0 Å². The normalized spacial score (nSPS) is 13.1. The minimum absolute atomic E-state index is 0.281. The van der Waals surface area contributed by atoms with Gasteiger partial charge >= 0.3 is 0 Å². The highest BCUT2D eigenvalue weighted by Gasteiger charge is 2.00. The van der Waals surface area contributed by atoms with Crippen LogP contribution in [0.1, 0.15) is 64.7 Å². The summed E-state index contributed by atoms with van der Waals surface area (Å²) in [4.78, 5) is 0. The summed E-state index contributed by atoms with van der Waals surface area (Å²) >= 11 is 5.50. The van der Waals surface area contributed by atoms with Crippen molar-refractivity contribution in [3.05, 3.63) is 0 Å². The van der Waals surface area contributed by atoms with Gasteiger partial charge in [0.25, 0.3) is 0 Å². The molecule has 1 nitrogen and oxygen atoms in total. The Hall–Kier alpha value is 0.250. The summed E-state index contributed by atoms with van der Waals surface area (Å²) in [5.41, 5.74) is 0. The first kappa shape index (κ1) is 14.2. The number of aliphatic hydroxyl groups excluding tert-OH is 1. The smallest absolute Gasteiger partial charge is 0.0675 e. The van der Waals surface area contributed by atoms with Gasteiger partial charge in [0, 0.05) is 5.88 Å². The van der Waals surface area contributed by atoms with Crippen molar-refractivity contribution in [1.29, 1.82) is 0 Å². The minimum Gasteiger partial charge on any atom is -0.392 e. The quantitative estimate of drug-likeness (QED) is 0.434. The van der Waals surface area contributed by atoms with Gasteiger partial charge in [-0.05, 0) is 6.42 Å². The zero-order chi connectivity index (χ0) is 10.6. The van der Waals surface area contributed by atoms with Crippen LogP contribution in [0.4, 0.5) is 0 Å². The van der Waals surface area contributed by atoms with Crippen LogP contribution >= 0.6 is 11.6 Å². The topological polar surface area (TPSA) is 20.2 Å². The zero-order valence-corrected chi connectivity index (χ0v) is 10.2. The maximum absolute atomic E-state index is 9.20. The van der Waals surface area contributed by atoms with Gasteiger partial charge in [0.15, 0.2) is 0 Å². The molecule has 0 spiro atoms. The molecule has 0 aromatic rings. The van der Waals surface area contributed by atoms with Crippen molar-refractivity contribution >= 4 is 11.6 Å². The Bertz CT molecular complexity index is 106. The SMILES string of the molecule is CCCCCCCCCC[C@H](O)CCl. The lowest BCUT2D eigenvalue weighted by Gasteiger charge is -2.05. The number of unbranched alkanes of at least 4 members (excludes halogenated alkanes) is 7. The average Bonchev–Trinajstić information content (AvgIpc) is 2.21. The van der Waals surface area contributed by atoms with Gasteiger partial charge in [0.2, 0.25) is 0 Å². The molecule has 0 aromatic heterocycles. The second kappa shape index (κ2) is 11.3. The predicted octanol–water partition coefficient (Wildman–Crippen LogP) is 4.12. The highest BCUT2D eigenvalue weighted by Crippen LogP contribution is 2.10. The van der Waals surface area contributed by atoms with Crippen LogP contribution in [-0.4, -0.2) is 17.1 Å². The molecular weight excluding hydrogens is 196 g/mol. The van der Waals surface area contributed by atoms with Crippen LogP contribution in [0.25, 0.3) is 0 Å². The number of alkyl halides is 1. The highest BCUT2D eigenvalue weighted by atomic mass is 35.5. The van der Waals surface area contributed by atoms with Gasteiger partial charge < -0.3 is 5.11 Å². The number of aliphatic hydroxyl groups is 1. The number of rotatable bonds is 10. The molecule has 0 aliphatic carbocycles. The Morgan fingerprint density at radius 1 is 0.929 bits per heavy atom. The summed E-state index contributed by atoms with van der Waals surface area (Å²) in [7, 11) is 0. The van der Waals surface area contributed by atoms with E-state index in [0.29, 0.717) is 5.88 Å². The van der Waals surface area contributed by atoms with Gasteiger partial charge in [-0.25, -0.2) is 0 Å². The molecule has 0 aromatic carbocycles. The fourth-order valence-corrected chi connectivity index (χ4v) is 1.75. The van der Waals surface area contributed by atoms with E-state index in [0.717, 1.165) is 12.8 Å². The van der Waals surface area contributed by atoms with Crippen molar-refractivity contribution in [2.45, 2.75) is 70.8 Å². The van der Waals surface area contributed by atoms with Crippen LogP contribution in [0.3, 0.4) is 0 Å². The molecule has 1 atom stereocenters. The van der Waals surface area contributed by atoms with Gasteiger partial charge in [0.1, 0.15) is 0 Å². The standard InChI is InChI=1S/C12H25ClO/c1-2-3-4-5-6-7-8-9-10-12(14)11-13/h12,14H,2-11H2,1H3/t12-/m0/s1. The van der Waals surface area contributed by atoms with Gasteiger partial charge in [-0.2, -0.15) is 0 Å². The van der Waals surface area contributed by atoms with Crippen molar-refractivity contribution in [3.63, 3.8) is 0 Å². The molecule has 0 saturated heterocycles. The summed E-state index contributed by atoms with van der Waals surface area (Å²) in [6, 6.07) is 0. The lowest BCUT2D eigenvalue weighted by molar-refractivity contribution is 0.183. The fraction of sp³-hybridized carbons (Fsp3) is 1.00. The largest absolute Gasteiger partial charge is 0.392 e. The van der Waals surface area contributed by atoms with Crippen molar-refractivity contribution in [2.24, 2.45) is 0 Å². The molecule has 1 N–H and O–H groups in total. The Balaban J connectivity index is 2.92. The maximum Gasteiger partial charge on any atom is 0.0675 e. The first-order valence-corrected chi connectivity index (χ1v) is 6.58. The number of halogens is 1. The third-order valence-electron chi connectivity index (χ3n) is 2.57. The Morgan fingerprint density at radius 3 is 1.93 bits per heavy atom. The van der Waals surface area contributed by atoms with Crippen molar-refractivity contribution in [3.8, 4) is 0 Å². The zero-order valence-electron chi connectivity index (χ0n) is 9.47. The van der Waals surface area contributed by atoms with E-state index in [1.165, 1.54) is 44.9 Å². The molecule has 0 rings (SSSR count). The van der Waals surface area contributed by atoms with E-state index >= 15 is 0 Å². The third kappa shape index (κ3) is 10.3. The summed E-state index contributed by atoms with van der Waals surface area (Å²) in [5, 5.41) is 9.20. The summed E-state index contributed by atoms with van der Waals surface area (Å²) < 4.78 is 0. The van der Waals surface area contributed by atoms with Crippen LogP contribution in [0.15, 0.2) is 0 Å². The Labute approximate surface area is 93.9 Å². The molecule has 0 radical (unpaired) electrons. The summed E-state index contributed by atoms with van der Waals surface area (Å²) in [6.07, 6.45) is 11.1. The first-order chi connectivity index (χ1) is 6.81. The van der Waals surface area contributed by atoms with E-state index in [2.05, 4.69) is 6.92 Å². The fourth-order valence-electron chi connectivity index (χ4n) is 1.59. The second-order valence-corrected chi connectivity index (χ2v) is 4.38. The monoisotopic (exact) mass is 220 g/mol. The van der Waals surface area contributed by atoms with Gasteiger partial charge in [-0.15, -0.1) is 11.6 Å². The first-order valence-electron chi connectivity index (χ1n) is 6.05. The van der Waals surface area contributed by atoms with Gasteiger partial charge in [-0.3, -0.25) is 0 Å². The Morgan fingerprint density at radius 2 is 1.43 bits per heavy atom. The average molecular weight is 221 g/mol. The molecule has 2 heteroatoms. The number of hydrogen-bond acceptors (Lipinski definition) is 1. The van der Waals surface area contributed by atoms with Crippen LogP contribution in [0.2, 0.25) is 0 Å². The predicted molar refractivity (Wildman–Crippen MR) is 64.0 cm³/mol. The molecule has 0 aliphatic rings. The van der Waals surface area contributed by atoms with E-state index < -0.39 is 0 Å². The molecule has 0 bridgehead atoms. The molecule has 0 aliphatic heterocycles. The molecule has 0 unspecified atom stereocenters. The molecule has 86 valence electrons.